The quantitative estimate of drug-likeness (QED) is 0.835. The Morgan fingerprint density at radius 3 is 2.79 bits per heavy atom. The van der Waals surface area contributed by atoms with Crippen LogP contribution in [-0.2, 0) is 27.8 Å². The van der Waals surface area contributed by atoms with Crippen molar-refractivity contribution in [3.63, 3.8) is 0 Å². The van der Waals surface area contributed by atoms with E-state index >= 15 is 0 Å². The molecule has 0 amide bonds. The summed E-state index contributed by atoms with van der Waals surface area (Å²) in [5, 5.41) is 0. The van der Waals surface area contributed by atoms with Gasteiger partial charge < -0.3 is 9.30 Å². The van der Waals surface area contributed by atoms with Gasteiger partial charge in [-0.3, -0.25) is 4.90 Å². The van der Waals surface area contributed by atoms with Gasteiger partial charge in [0.05, 0.1) is 6.26 Å². The van der Waals surface area contributed by atoms with Crippen molar-refractivity contribution < 1.29 is 13.2 Å². The number of ether oxygens (including phenoxy) is 1. The lowest BCUT2D eigenvalue weighted by Gasteiger charge is -2.30. The first-order valence-electron chi connectivity index (χ1n) is 8.88. The molecule has 1 saturated heterocycles. The summed E-state index contributed by atoms with van der Waals surface area (Å²) in [6.07, 6.45) is 6.54. The molecule has 0 aromatic carbocycles. The van der Waals surface area contributed by atoms with E-state index in [1.54, 1.807) is 0 Å². The van der Waals surface area contributed by atoms with Gasteiger partial charge in [0, 0.05) is 57.8 Å². The van der Waals surface area contributed by atoms with Gasteiger partial charge in [0.15, 0.2) is 0 Å². The van der Waals surface area contributed by atoms with Gasteiger partial charge in [-0.05, 0) is 43.2 Å². The van der Waals surface area contributed by atoms with Crippen molar-refractivity contribution in [3.05, 3.63) is 24.0 Å². The molecule has 0 radical (unpaired) electrons. The molecule has 2 aliphatic heterocycles. The summed E-state index contributed by atoms with van der Waals surface area (Å²) in [5.74, 6) is 1.18. The fraction of sp³-hybridized carbons (Fsp3) is 0.765. The van der Waals surface area contributed by atoms with E-state index in [1.165, 1.54) is 11.9 Å². The molecule has 1 N–H and O–H groups in total. The van der Waals surface area contributed by atoms with E-state index in [2.05, 4.69) is 32.5 Å². The number of nitrogens with one attached hydrogen (secondary N) is 1. The smallest absolute Gasteiger partial charge is 0.208 e. The van der Waals surface area contributed by atoms with Crippen LogP contribution in [0.1, 0.15) is 25.0 Å². The fourth-order valence-corrected chi connectivity index (χ4v) is 4.32. The Bertz CT molecular complexity index is 623. The molecule has 1 aromatic heterocycles. The van der Waals surface area contributed by atoms with Crippen LogP contribution in [0.25, 0.3) is 0 Å². The molecule has 0 aliphatic carbocycles. The van der Waals surface area contributed by atoms with Crippen molar-refractivity contribution in [2.24, 2.45) is 11.8 Å². The Hall–Kier alpha value is -0.890. The van der Waals surface area contributed by atoms with Gasteiger partial charge in [-0.15, -0.1) is 0 Å². The predicted octanol–water partition coefficient (Wildman–Crippen LogP) is 1.29. The van der Waals surface area contributed by atoms with Crippen LogP contribution >= 0.6 is 0 Å². The first-order valence-corrected chi connectivity index (χ1v) is 10.8. The summed E-state index contributed by atoms with van der Waals surface area (Å²) in [6, 6.07) is 4.31. The summed E-state index contributed by atoms with van der Waals surface area (Å²) in [6.45, 7) is 6.39. The van der Waals surface area contributed by atoms with Crippen LogP contribution in [0.3, 0.4) is 0 Å². The molecular formula is C17H29N3O3S. The molecule has 1 fully saturated rings. The lowest BCUT2D eigenvalue weighted by atomic mass is 9.98. The van der Waals surface area contributed by atoms with Crippen molar-refractivity contribution in [2.75, 3.05) is 39.1 Å². The Morgan fingerprint density at radius 1 is 1.25 bits per heavy atom. The molecule has 1 atom stereocenters. The molecule has 0 unspecified atom stereocenters. The zero-order valence-electron chi connectivity index (χ0n) is 14.5. The van der Waals surface area contributed by atoms with Crippen molar-refractivity contribution in [2.45, 2.75) is 32.4 Å². The van der Waals surface area contributed by atoms with Gasteiger partial charge in [-0.2, -0.15) is 0 Å². The first kappa shape index (κ1) is 17.9. The van der Waals surface area contributed by atoms with E-state index < -0.39 is 10.0 Å². The van der Waals surface area contributed by atoms with E-state index in [4.69, 9.17) is 4.74 Å². The fourth-order valence-electron chi connectivity index (χ4n) is 3.83. The molecule has 2 aliphatic rings. The van der Waals surface area contributed by atoms with E-state index in [0.29, 0.717) is 12.5 Å². The average Bonchev–Trinajstić information content (AvgIpc) is 2.87. The van der Waals surface area contributed by atoms with Gasteiger partial charge in [-0.25, -0.2) is 13.1 Å². The summed E-state index contributed by atoms with van der Waals surface area (Å²) in [7, 11) is -3.10. The van der Waals surface area contributed by atoms with Crippen LogP contribution in [0, 0.1) is 11.8 Å². The molecule has 3 heterocycles. The van der Waals surface area contributed by atoms with Crippen molar-refractivity contribution in [3.8, 4) is 0 Å². The number of hydrogen-bond donors (Lipinski definition) is 1. The number of nitrogens with zero attached hydrogens (tertiary/aromatic N) is 2. The minimum Gasteiger partial charge on any atom is -0.381 e. The molecule has 7 heteroatoms. The zero-order chi connectivity index (χ0) is 17.0. The molecular weight excluding hydrogens is 326 g/mol. The highest BCUT2D eigenvalue weighted by Crippen LogP contribution is 2.23. The summed E-state index contributed by atoms with van der Waals surface area (Å²) in [5.41, 5.74) is 1.36. The minimum absolute atomic E-state index is 0.466. The zero-order valence-corrected chi connectivity index (χ0v) is 15.3. The van der Waals surface area contributed by atoms with Gasteiger partial charge in [0.1, 0.15) is 0 Å². The van der Waals surface area contributed by atoms with Crippen molar-refractivity contribution >= 4 is 10.0 Å². The maximum atomic E-state index is 11.3. The van der Waals surface area contributed by atoms with Crippen LogP contribution in [0.2, 0.25) is 0 Å². The third-order valence-electron chi connectivity index (χ3n) is 5.05. The summed E-state index contributed by atoms with van der Waals surface area (Å²) >= 11 is 0. The lowest BCUT2D eigenvalue weighted by molar-refractivity contribution is 0.0493. The first-order chi connectivity index (χ1) is 11.5. The van der Waals surface area contributed by atoms with Crippen LogP contribution in [0.5, 0.6) is 0 Å². The Morgan fingerprint density at radius 2 is 2.04 bits per heavy atom. The monoisotopic (exact) mass is 355 g/mol. The third-order valence-corrected chi connectivity index (χ3v) is 5.78. The number of fused-ring (bicyclic) bond motifs is 1. The predicted molar refractivity (Wildman–Crippen MR) is 94.2 cm³/mol. The van der Waals surface area contributed by atoms with Crippen molar-refractivity contribution in [1.29, 1.82) is 0 Å². The Kier molecular flexibility index (Phi) is 5.97. The van der Waals surface area contributed by atoms with Crippen molar-refractivity contribution in [1.82, 2.24) is 14.2 Å². The molecule has 0 bridgehead atoms. The lowest BCUT2D eigenvalue weighted by Crippen LogP contribution is -2.35. The Labute approximate surface area is 145 Å². The van der Waals surface area contributed by atoms with Gasteiger partial charge in [0.25, 0.3) is 0 Å². The second kappa shape index (κ2) is 7.99. The standard InChI is InChI=1S/C17H29N3O3S/c1-24(21,22)18-7-4-16-12-19(11-15-5-9-23-10-6-15)14-17-3-2-8-20(17)13-16/h2-3,8,15-16,18H,4-7,9-14H2,1H3/t16-/m1/s1. The highest BCUT2D eigenvalue weighted by Gasteiger charge is 2.24. The van der Waals surface area contributed by atoms with E-state index in [0.717, 1.165) is 64.6 Å². The van der Waals surface area contributed by atoms with Crippen LogP contribution in [0.4, 0.5) is 0 Å². The van der Waals surface area contributed by atoms with Crippen LogP contribution in [0.15, 0.2) is 18.3 Å². The molecule has 0 spiro atoms. The number of rotatable bonds is 6. The molecule has 0 saturated carbocycles. The Balaban J connectivity index is 1.61. The second-order valence-electron chi connectivity index (χ2n) is 7.22. The number of hydrogen-bond acceptors (Lipinski definition) is 4. The molecule has 1 aromatic rings. The topological polar surface area (TPSA) is 63.6 Å². The normalized spacial score (nSPS) is 23.8. The second-order valence-corrected chi connectivity index (χ2v) is 9.06. The largest absolute Gasteiger partial charge is 0.381 e. The molecule has 24 heavy (non-hydrogen) atoms. The maximum absolute atomic E-state index is 11.3. The van der Waals surface area contributed by atoms with Gasteiger partial charge in [-0.1, -0.05) is 0 Å². The summed E-state index contributed by atoms with van der Waals surface area (Å²) < 4.78 is 33.0. The van der Waals surface area contributed by atoms with E-state index in [1.807, 2.05) is 0 Å². The highest BCUT2D eigenvalue weighted by molar-refractivity contribution is 7.88. The summed E-state index contributed by atoms with van der Waals surface area (Å²) in [4.78, 5) is 2.56. The third kappa shape index (κ3) is 5.31. The van der Waals surface area contributed by atoms with E-state index in [-0.39, 0.29) is 0 Å². The number of sulfonamides is 1. The molecule has 3 rings (SSSR count). The number of aromatic nitrogens is 1. The highest BCUT2D eigenvalue weighted by atomic mass is 32.2. The minimum atomic E-state index is -3.10. The van der Waals surface area contributed by atoms with Gasteiger partial charge in [0.2, 0.25) is 10.0 Å². The molecule has 6 nitrogen and oxygen atoms in total. The molecule has 136 valence electrons. The maximum Gasteiger partial charge on any atom is 0.208 e. The van der Waals surface area contributed by atoms with Crippen LogP contribution < -0.4 is 4.72 Å². The SMILES string of the molecule is CS(=O)(=O)NCC[C@@H]1CN(CC2CCOCC2)Cc2cccn2C1. The average molecular weight is 356 g/mol. The van der Waals surface area contributed by atoms with Crippen LogP contribution in [-0.4, -0.2) is 57.0 Å². The van der Waals surface area contributed by atoms with Gasteiger partial charge >= 0.3 is 0 Å². The van der Waals surface area contributed by atoms with E-state index in [9.17, 15) is 8.42 Å².